The van der Waals surface area contributed by atoms with Crippen molar-refractivity contribution >= 4 is 5.91 Å². The van der Waals surface area contributed by atoms with Crippen LogP contribution in [-0.4, -0.2) is 43.0 Å². The summed E-state index contributed by atoms with van der Waals surface area (Å²) in [6, 6.07) is 0.545. The van der Waals surface area contributed by atoms with Crippen LogP contribution in [0.3, 0.4) is 0 Å². The predicted octanol–water partition coefficient (Wildman–Crippen LogP) is 2.28. The molecule has 122 valence electrons. The van der Waals surface area contributed by atoms with E-state index < -0.39 is 0 Å². The summed E-state index contributed by atoms with van der Waals surface area (Å²) in [5.41, 5.74) is 5.43. The van der Waals surface area contributed by atoms with Crippen LogP contribution in [0.2, 0.25) is 0 Å². The average molecular weight is 295 g/mol. The highest BCUT2D eigenvalue weighted by atomic mass is 16.1. The third-order valence-electron chi connectivity index (χ3n) is 5.12. The van der Waals surface area contributed by atoms with Gasteiger partial charge < -0.3 is 11.1 Å². The van der Waals surface area contributed by atoms with E-state index in [1.54, 1.807) is 0 Å². The Labute approximate surface area is 129 Å². The molecule has 1 saturated carbocycles. The Hall–Kier alpha value is -0.610. The lowest BCUT2D eigenvalue weighted by atomic mass is 9.95. The SMILES string of the molecule is NCCC(=O)NCC1CCCCN1CC1CCCCCC1. The molecule has 0 aromatic heterocycles. The molecule has 1 amide bonds. The van der Waals surface area contributed by atoms with Crippen LogP contribution in [-0.2, 0) is 4.79 Å². The van der Waals surface area contributed by atoms with E-state index in [0.717, 1.165) is 12.5 Å². The smallest absolute Gasteiger partial charge is 0.221 e. The maximum atomic E-state index is 11.6. The fraction of sp³-hybridized carbons (Fsp3) is 0.941. The zero-order valence-electron chi connectivity index (χ0n) is 13.5. The van der Waals surface area contributed by atoms with Gasteiger partial charge in [-0.3, -0.25) is 9.69 Å². The molecule has 1 unspecified atom stereocenters. The molecule has 0 aromatic carbocycles. The Balaban J connectivity index is 1.78. The summed E-state index contributed by atoms with van der Waals surface area (Å²) in [7, 11) is 0. The van der Waals surface area contributed by atoms with E-state index in [2.05, 4.69) is 10.2 Å². The second kappa shape index (κ2) is 9.42. The van der Waals surface area contributed by atoms with E-state index in [9.17, 15) is 4.79 Å². The highest BCUT2D eigenvalue weighted by Gasteiger charge is 2.25. The van der Waals surface area contributed by atoms with Gasteiger partial charge in [0.15, 0.2) is 0 Å². The van der Waals surface area contributed by atoms with E-state index in [-0.39, 0.29) is 5.91 Å². The largest absolute Gasteiger partial charge is 0.354 e. The van der Waals surface area contributed by atoms with Crippen LogP contribution >= 0.6 is 0 Å². The number of carbonyl (C=O) groups excluding carboxylic acids is 1. The lowest BCUT2D eigenvalue weighted by Gasteiger charge is -2.38. The Kier molecular flexibility index (Phi) is 7.51. The topological polar surface area (TPSA) is 58.4 Å². The lowest BCUT2D eigenvalue weighted by Crippen LogP contribution is -2.48. The number of hydrogen-bond acceptors (Lipinski definition) is 3. The van der Waals surface area contributed by atoms with Crippen LogP contribution in [0.5, 0.6) is 0 Å². The maximum absolute atomic E-state index is 11.6. The molecule has 1 heterocycles. The zero-order valence-corrected chi connectivity index (χ0v) is 13.5. The summed E-state index contributed by atoms with van der Waals surface area (Å²) in [5, 5.41) is 3.07. The van der Waals surface area contributed by atoms with Gasteiger partial charge in [-0.15, -0.1) is 0 Å². The molecule has 0 bridgehead atoms. The molecule has 1 aliphatic carbocycles. The normalized spacial score (nSPS) is 25.5. The van der Waals surface area contributed by atoms with Crippen LogP contribution in [0.15, 0.2) is 0 Å². The van der Waals surface area contributed by atoms with Gasteiger partial charge in [-0.25, -0.2) is 0 Å². The van der Waals surface area contributed by atoms with Gasteiger partial charge in [-0.05, 0) is 38.1 Å². The van der Waals surface area contributed by atoms with Crippen LogP contribution in [0, 0.1) is 5.92 Å². The first-order chi connectivity index (χ1) is 10.3. The van der Waals surface area contributed by atoms with Gasteiger partial charge in [0.1, 0.15) is 0 Å². The molecule has 4 heteroatoms. The van der Waals surface area contributed by atoms with Gasteiger partial charge >= 0.3 is 0 Å². The number of hydrogen-bond donors (Lipinski definition) is 2. The second-order valence-electron chi connectivity index (χ2n) is 6.84. The molecule has 2 rings (SSSR count). The van der Waals surface area contributed by atoms with E-state index in [1.807, 2.05) is 0 Å². The molecule has 3 N–H and O–H groups in total. The van der Waals surface area contributed by atoms with Gasteiger partial charge in [-0.2, -0.15) is 0 Å². The van der Waals surface area contributed by atoms with Gasteiger partial charge in [-0.1, -0.05) is 32.1 Å². The maximum Gasteiger partial charge on any atom is 0.221 e. The van der Waals surface area contributed by atoms with Crippen molar-refractivity contribution in [1.82, 2.24) is 10.2 Å². The highest BCUT2D eigenvalue weighted by Crippen LogP contribution is 2.26. The minimum absolute atomic E-state index is 0.109. The van der Waals surface area contributed by atoms with E-state index in [1.165, 1.54) is 70.9 Å². The van der Waals surface area contributed by atoms with Crippen molar-refractivity contribution in [3.8, 4) is 0 Å². The molecule has 1 atom stereocenters. The zero-order chi connectivity index (χ0) is 14.9. The molecule has 4 nitrogen and oxygen atoms in total. The average Bonchev–Trinajstić information content (AvgIpc) is 2.75. The summed E-state index contributed by atoms with van der Waals surface area (Å²) in [5.74, 6) is 0.991. The molecule has 2 aliphatic rings. The molecular formula is C17H33N3O. The summed E-state index contributed by atoms with van der Waals surface area (Å²) in [6.07, 6.45) is 12.8. The number of nitrogens with zero attached hydrogens (tertiary/aromatic N) is 1. The van der Waals surface area contributed by atoms with Crippen LogP contribution in [0.4, 0.5) is 0 Å². The van der Waals surface area contributed by atoms with Crippen molar-refractivity contribution < 1.29 is 4.79 Å². The van der Waals surface area contributed by atoms with E-state index in [0.29, 0.717) is 19.0 Å². The summed E-state index contributed by atoms with van der Waals surface area (Å²) in [4.78, 5) is 14.3. The van der Waals surface area contributed by atoms with Gasteiger partial charge in [0.05, 0.1) is 0 Å². The molecular weight excluding hydrogens is 262 g/mol. The Morgan fingerprint density at radius 1 is 1.05 bits per heavy atom. The summed E-state index contributed by atoms with van der Waals surface area (Å²) < 4.78 is 0. The molecule has 1 aliphatic heterocycles. The number of nitrogens with one attached hydrogen (secondary N) is 1. The molecule has 0 aromatic rings. The summed E-state index contributed by atoms with van der Waals surface area (Å²) in [6.45, 7) is 3.72. The van der Waals surface area contributed by atoms with Crippen LogP contribution in [0.25, 0.3) is 0 Å². The quantitative estimate of drug-likeness (QED) is 0.739. The van der Waals surface area contributed by atoms with Crippen LogP contribution in [0.1, 0.15) is 64.2 Å². The van der Waals surface area contributed by atoms with Gasteiger partial charge in [0.2, 0.25) is 5.91 Å². The van der Waals surface area contributed by atoms with Crippen molar-refractivity contribution in [2.24, 2.45) is 11.7 Å². The standard InChI is InChI=1S/C17H33N3O/c18-11-10-17(21)19-13-16-9-5-6-12-20(16)14-15-7-3-1-2-4-8-15/h15-16H,1-14,18H2,(H,19,21). The fourth-order valence-corrected chi connectivity index (χ4v) is 3.86. The van der Waals surface area contributed by atoms with Crippen molar-refractivity contribution in [3.05, 3.63) is 0 Å². The second-order valence-corrected chi connectivity index (χ2v) is 6.84. The molecule has 21 heavy (non-hydrogen) atoms. The number of likely N-dealkylation sites (tertiary alicyclic amines) is 1. The number of piperidine rings is 1. The molecule has 0 radical (unpaired) electrons. The van der Waals surface area contributed by atoms with Gasteiger partial charge in [0, 0.05) is 32.1 Å². The number of rotatable bonds is 6. The Bertz CT molecular complexity index is 300. The number of amides is 1. The van der Waals surface area contributed by atoms with E-state index in [4.69, 9.17) is 5.73 Å². The van der Waals surface area contributed by atoms with Crippen molar-refractivity contribution in [2.75, 3.05) is 26.2 Å². The van der Waals surface area contributed by atoms with Crippen molar-refractivity contribution in [1.29, 1.82) is 0 Å². The third kappa shape index (κ3) is 5.95. The third-order valence-corrected chi connectivity index (χ3v) is 5.12. The highest BCUT2D eigenvalue weighted by molar-refractivity contribution is 5.76. The minimum Gasteiger partial charge on any atom is -0.354 e. The van der Waals surface area contributed by atoms with Crippen molar-refractivity contribution in [2.45, 2.75) is 70.3 Å². The summed E-state index contributed by atoms with van der Waals surface area (Å²) >= 11 is 0. The van der Waals surface area contributed by atoms with Gasteiger partial charge in [0.25, 0.3) is 0 Å². The number of nitrogens with two attached hydrogens (primary N) is 1. The Morgan fingerprint density at radius 3 is 2.48 bits per heavy atom. The van der Waals surface area contributed by atoms with E-state index >= 15 is 0 Å². The molecule has 1 saturated heterocycles. The first-order valence-electron chi connectivity index (χ1n) is 9.00. The number of carbonyl (C=O) groups is 1. The molecule has 0 spiro atoms. The Morgan fingerprint density at radius 2 is 1.76 bits per heavy atom. The first-order valence-corrected chi connectivity index (χ1v) is 9.00. The fourth-order valence-electron chi connectivity index (χ4n) is 3.86. The van der Waals surface area contributed by atoms with Crippen LogP contribution < -0.4 is 11.1 Å². The lowest BCUT2D eigenvalue weighted by molar-refractivity contribution is -0.121. The predicted molar refractivity (Wildman–Crippen MR) is 87.1 cm³/mol. The first kappa shape index (κ1) is 16.8. The monoisotopic (exact) mass is 295 g/mol. The van der Waals surface area contributed by atoms with Crippen molar-refractivity contribution in [3.63, 3.8) is 0 Å². The molecule has 2 fully saturated rings. The minimum atomic E-state index is 0.109.